The van der Waals surface area contributed by atoms with Crippen LogP contribution in [0.4, 0.5) is 17.5 Å². The van der Waals surface area contributed by atoms with Crippen molar-refractivity contribution in [3.05, 3.63) is 36.3 Å². The third kappa shape index (κ3) is 5.44. The van der Waals surface area contributed by atoms with Crippen LogP contribution in [0.3, 0.4) is 0 Å². The van der Waals surface area contributed by atoms with Crippen molar-refractivity contribution in [3.8, 4) is 5.88 Å². The molecule has 3 aromatic heterocycles. The Bertz CT molecular complexity index is 1100. The van der Waals surface area contributed by atoms with Crippen LogP contribution in [0, 0.1) is 6.92 Å². The highest BCUT2D eigenvalue weighted by Gasteiger charge is 2.25. The maximum absolute atomic E-state index is 6.54. The lowest BCUT2D eigenvalue weighted by Gasteiger charge is -2.31. The molecule has 180 valence electrons. The highest BCUT2D eigenvalue weighted by Crippen LogP contribution is 2.33. The molecule has 0 bridgehead atoms. The van der Waals surface area contributed by atoms with Crippen molar-refractivity contribution in [2.24, 2.45) is 0 Å². The molecule has 1 aliphatic carbocycles. The van der Waals surface area contributed by atoms with Crippen LogP contribution >= 0.6 is 11.9 Å². The first-order chi connectivity index (χ1) is 16.7. The van der Waals surface area contributed by atoms with Gasteiger partial charge in [-0.2, -0.15) is 4.98 Å². The lowest BCUT2D eigenvalue weighted by molar-refractivity contribution is 0.122. The minimum atomic E-state index is 0.116. The number of aryl methyl sites for hydroxylation is 1. The van der Waals surface area contributed by atoms with Crippen molar-refractivity contribution in [1.29, 1.82) is 0 Å². The van der Waals surface area contributed by atoms with Crippen molar-refractivity contribution in [2.75, 3.05) is 47.5 Å². The highest BCUT2D eigenvalue weighted by atomic mass is 32.2. The molecule has 0 unspecified atom stereocenters. The molecule has 1 saturated heterocycles. The molecule has 3 aromatic rings. The Balaban J connectivity index is 1.32. The van der Waals surface area contributed by atoms with Crippen LogP contribution in [0.15, 0.2) is 30.7 Å². The fraction of sp³-hybridized carbons (Fsp3) is 0.500. The molecule has 0 atom stereocenters. The topological polar surface area (TPSA) is 97.3 Å². The molecule has 2 aliphatic rings. The van der Waals surface area contributed by atoms with Gasteiger partial charge < -0.3 is 24.4 Å². The van der Waals surface area contributed by atoms with E-state index in [0.717, 1.165) is 66.7 Å². The Morgan fingerprint density at radius 3 is 2.53 bits per heavy atom. The molecule has 34 heavy (non-hydrogen) atoms. The fourth-order valence-electron chi connectivity index (χ4n) is 4.43. The summed E-state index contributed by atoms with van der Waals surface area (Å²) in [7, 11) is 0. The molecule has 2 fully saturated rings. The maximum atomic E-state index is 6.54. The number of fused-ring (bicyclic) bond motifs is 1. The fourth-order valence-corrected chi connectivity index (χ4v) is 4.78. The van der Waals surface area contributed by atoms with Crippen molar-refractivity contribution in [2.45, 2.75) is 44.8 Å². The third-order valence-corrected chi connectivity index (χ3v) is 6.69. The minimum absolute atomic E-state index is 0.116. The van der Waals surface area contributed by atoms with Crippen LogP contribution in [-0.4, -0.2) is 64.6 Å². The van der Waals surface area contributed by atoms with Crippen LogP contribution in [0.1, 0.15) is 31.2 Å². The van der Waals surface area contributed by atoms with E-state index in [-0.39, 0.29) is 6.10 Å². The summed E-state index contributed by atoms with van der Waals surface area (Å²) in [5.74, 6) is 2.26. The van der Waals surface area contributed by atoms with Gasteiger partial charge in [-0.1, -0.05) is 11.9 Å². The number of nitrogens with zero attached hydrogens (tertiary/aromatic N) is 5. The summed E-state index contributed by atoms with van der Waals surface area (Å²) in [6.45, 7) is 5.06. The summed E-state index contributed by atoms with van der Waals surface area (Å²) < 4.78 is 15.3. The number of morpholine rings is 1. The van der Waals surface area contributed by atoms with Gasteiger partial charge in [0.05, 0.1) is 36.0 Å². The third-order valence-electron chi connectivity index (χ3n) is 6.25. The predicted octanol–water partition coefficient (Wildman–Crippen LogP) is 4.06. The summed E-state index contributed by atoms with van der Waals surface area (Å²) in [6.07, 6.45) is 11.6. The largest absolute Gasteiger partial charge is 0.474 e. The van der Waals surface area contributed by atoms with Crippen LogP contribution in [-0.2, 0) is 4.74 Å². The van der Waals surface area contributed by atoms with Crippen LogP contribution in [0.25, 0.3) is 10.9 Å². The Morgan fingerprint density at radius 1 is 1.03 bits per heavy atom. The monoisotopic (exact) mass is 481 g/mol. The van der Waals surface area contributed by atoms with E-state index in [1.165, 1.54) is 0 Å². The molecule has 5 rings (SSSR count). The second-order valence-electron chi connectivity index (χ2n) is 8.80. The number of anilines is 3. The van der Waals surface area contributed by atoms with Gasteiger partial charge in [0.25, 0.3) is 0 Å². The van der Waals surface area contributed by atoms with Crippen LogP contribution in [0.5, 0.6) is 5.88 Å². The predicted molar refractivity (Wildman–Crippen MR) is 137 cm³/mol. The van der Waals surface area contributed by atoms with Gasteiger partial charge in [0.15, 0.2) is 0 Å². The highest BCUT2D eigenvalue weighted by molar-refractivity contribution is 7.99. The molecule has 0 aromatic carbocycles. The first-order valence-corrected chi connectivity index (χ1v) is 13.0. The Labute approximate surface area is 204 Å². The SMILES string of the molecule is CSNc1cnc2cc(N3CCOCC3)nc(OC3CCC(Nc4ncc(C)cn4)CC3)c2c1. The quantitative estimate of drug-likeness (QED) is 0.481. The summed E-state index contributed by atoms with van der Waals surface area (Å²) in [6, 6.07) is 4.48. The van der Waals surface area contributed by atoms with Crippen molar-refractivity contribution in [3.63, 3.8) is 0 Å². The minimum Gasteiger partial charge on any atom is -0.474 e. The second-order valence-corrected chi connectivity index (χ2v) is 9.41. The van der Waals surface area contributed by atoms with Gasteiger partial charge in [0.2, 0.25) is 11.8 Å². The summed E-state index contributed by atoms with van der Waals surface area (Å²) >= 11 is 1.54. The number of aromatic nitrogens is 4. The molecule has 0 radical (unpaired) electrons. The van der Waals surface area contributed by atoms with Crippen LogP contribution in [0.2, 0.25) is 0 Å². The van der Waals surface area contributed by atoms with E-state index in [4.69, 9.17) is 19.4 Å². The number of ether oxygens (including phenoxy) is 2. The molecule has 10 heteroatoms. The Hall–Kier alpha value is -2.85. The van der Waals surface area contributed by atoms with E-state index in [0.29, 0.717) is 31.1 Å². The summed E-state index contributed by atoms with van der Waals surface area (Å²) in [5, 5.41) is 4.40. The zero-order valence-electron chi connectivity index (χ0n) is 19.7. The molecule has 2 N–H and O–H groups in total. The van der Waals surface area contributed by atoms with E-state index < -0.39 is 0 Å². The summed E-state index contributed by atoms with van der Waals surface area (Å²) in [5.41, 5.74) is 2.90. The second kappa shape index (κ2) is 10.6. The molecular weight excluding hydrogens is 450 g/mol. The van der Waals surface area contributed by atoms with Gasteiger partial charge in [0, 0.05) is 43.8 Å². The smallest absolute Gasteiger partial charge is 0.225 e. The van der Waals surface area contributed by atoms with Crippen molar-refractivity contribution >= 4 is 40.3 Å². The Morgan fingerprint density at radius 2 is 1.79 bits per heavy atom. The van der Waals surface area contributed by atoms with Crippen molar-refractivity contribution in [1.82, 2.24) is 19.9 Å². The molecule has 9 nitrogen and oxygen atoms in total. The molecule has 1 aliphatic heterocycles. The van der Waals surface area contributed by atoms with E-state index in [9.17, 15) is 0 Å². The number of pyridine rings is 2. The lowest BCUT2D eigenvalue weighted by atomic mass is 9.93. The number of nitrogens with one attached hydrogen (secondary N) is 2. The standard InChI is InChI=1S/C24H31N7O2S/c1-16-13-26-24(27-14-16)28-17-3-5-19(6-4-17)33-23-20-11-18(30-34-2)15-25-21(20)12-22(29-23)31-7-9-32-10-8-31/h11-15,17,19,30H,3-10H2,1-2H3,(H,26,27,28). The molecular formula is C24H31N7O2S. The van der Waals surface area contributed by atoms with Crippen molar-refractivity contribution < 1.29 is 9.47 Å². The van der Waals surface area contributed by atoms with Gasteiger partial charge in [-0.05, 0) is 44.2 Å². The van der Waals surface area contributed by atoms with Gasteiger partial charge in [-0.15, -0.1) is 0 Å². The number of rotatable bonds is 7. The summed E-state index contributed by atoms with van der Waals surface area (Å²) in [4.78, 5) is 20.7. The molecule has 1 saturated carbocycles. The molecule has 4 heterocycles. The van der Waals surface area contributed by atoms with Crippen LogP contribution < -0.4 is 19.7 Å². The van der Waals surface area contributed by atoms with Gasteiger partial charge >= 0.3 is 0 Å². The lowest BCUT2D eigenvalue weighted by Crippen LogP contribution is -2.37. The van der Waals surface area contributed by atoms with Gasteiger partial charge in [-0.25, -0.2) is 9.97 Å². The molecule has 0 spiro atoms. The maximum Gasteiger partial charge on any atom is 0.225 e. The zero-order valence-corrected chi connectivity index (χ0v) is 20.5. The first kappa shape index (κ1) is 22.9. The van der Waals surface area contributed by atoms with Gasteiger partial charge in [-0.3, -0.25) is 4.98 Å². The van der Waals surface area contributed by atoms with Gasteiger partial charge in [0.1, 0.15) is 11.9 Å². The average molecular weight is 482 g/mol. The first-order valence-electron chi connectivity index (χ1n) is 11.8. The van der Waals surface area contributed by atoms with E-state index in [1.54, 1.807) is 11.9 Å². The number of hydrogen-bond acceptors (Lipinski definition) is 10. The zero-order chi connectivity index (χ0) is 23.3. The normalized spacial score (nSPS) is 20.8. The number of hydrogen-bond donors (Lipinski definition) is 2. The van der Waals surface area contributed by atoms with E-state index >= 15 is 0 Å². The average Bonchev–Trinajstić information content (AvgIpc) is 2.87. The Kier molecular flexibility index (Phi) is 7.15. The molecule has 0 amide bonds. The van der Waals surface area contributed by atoms with E-state index in [1.807, 2.05) is 31.8 Å². The van der Waals surface area contributed by atoms with E-state index in [2.05, 4.69) is 37.0 Å².